The Labute approximate surface area is 197 Å². The zero-order valence-electron chi connectivity index (χ0n) is 17.9. The van der Waals surface area contributed by atoms with E-state index in [0.29, 0.717) is 21.9 Å². The van der Waals surface area contributed by atoms with E-state index in [1.807, 2.05) is 18.2 Å². The number of rotatable bonds is 6. The van der Waals surface area contributed by atoms with Gasteiger partial charge in [0.2, 0.25) is 0 Å². The second-order valence-electron chi connectivity index (χ2n) is 7.33. The summed E-state index contributed by atoms with van der Waals surface area (Å²) >= 11 is 1.45. The van der Waals surface area contributed by atoms with E-state index >= 15 is 0 Å². The van der Waals surface area contributed by atoms with Gasteiger partial charge in [-0.15, -0.1) is 23.7 Å². The van der Waals surface area contributed by atoms with Gasteiger partial charge in [0.15, 0.2) is 0 Å². The maximum atomic E-state index is 12.8. The van der Waals surface area contributed by atoms with Crippen LogP contribution < -0.4 is 10.1 Å². The molecule has 1 aliphatic rings. The third-order valence-corrected chi connectivity index (χ3v) is 6.49. The predicted molar refractivity (Wildman–Crippen MR) is 128 cm³/mol. The van der Waals surface area contributed by atoms with Crippen molar-refractivity contribution in [1.29, 1.82) is 0 Å². The van der Waals surface area contributed by atoms with Gasteiger partial charge in [0.1, 0.15) is 10.8 Å². The maximum Gasteiger partial charge on any atom is 0.341 e. The Morgan fingerprint density at radius 3 is 2.44 bits per heavy atom. The molecule has 2 heterocycles. The van der Waals surface area contributed by atoms with Gasteiger partial charge < -0.3 is 14.8 Å². The molecule has 6 nitrogen and oxygen atoms in total. The molecule has 1 aliphatic heterocycles. The highest BCUT2D eigenvalue weighted by atomic mass is 35.5. The van der Waals surface area contributed by atoms with Crippen LogP contribution in [0.2, 0.25) is 0 Å². The Bertz CT molecular complexity index is 1080. The van der Waals surface area contributed by atoms with Crippen LogP contribution in [0.3, 0.4) is 0 Å². The number of methoxy groups -OCH3 is 2. The van der Waals surface area contributed by atoms with Crippen molar-refractivity contribution in [2.24, 2.45) is 0 Å². The van der Waals surface area contributed by atoms with Crippen LogP contribution in [0.15, 0.2) is 54.6 Å². The van der Waals surface area contributed by atoms with Gasteiger partial charge in [-0.3, -0.25) is 9.69 Å². The summed E-state index contributed by atoms with van der Waals surface area (Å²) in [7, 11) is 2.95. The summed E-state index contributed by atoms with van der Waals surface area (Å²) < 4.78 is 10.2. The van der Waals surface area contributed by atoms with Gasteiger partial charge in [-0.1, -0.05) is 30.3 Å². The Balaban J connectivity index is 0.00000289. The van der Waals surface area contributed by atoms with Crippen LogP contribution in [0.1, 0.15) is 36.7 Å². The van der Waals surface area contributed by atoms with Crippen molar-refractivity contribution in [1.82, 2.24) is 4.90 Å². The lowest BCUT2D eigenvalue weighted by atomic mass is 10.0. The number of fused-ring (bicyclic) bond motifs is 1. The molecule has 168 valence electrons. The molecule has 0 saturated heterocycles. The van der Waals surface area contributed by atoms with E-state index in [1.54, 1.807) is 31.4 Å². The Hall–Kier alpha value is -2.87. The topological polar surface area (TPSA) is 67.9 Å². The quantitative estimate of drug-likeness (QED) is 0.523. The largest absolute Gasteiger partial charge is 0.497 e. The molecule has 1 aromatic heterocycles. The Morgan fingerprint density at radius 1 is 1.06 bits per heavy atom. The van der Waals surface area contributed by atoms with Gasteiger partial charge in [0, 0.05) is 30.1 Å². The number of nitrogens with one attached hydrogen (secondary N) is 1. The maximum absolute atomic E-state index is 12.8. The summed E-state index contributed by atoms with van der Waals surface area (Å²) in [6.45, 7) is 2.42. The molecular formula is C24H25ClN2O4S. The molecule has 8 heteroatoms. The van der Waals surface area contributed by atoms with E-state index in [1.165, 1.54) is 24.0 Å². The zero-order chi connectivity index (χ0) is 21.8. The van der Waals surface area contributed by atoms with E-state index in [2.05, 4.69) is 22.3 Å². The standard InChI is InChI=1S/C24H24N2O4S.ClH/c1-29-18-10-8-17(9-11-18)22(27)25-23-21(24(28)30-2)19-12-13-26(15-20(19)31-23)14-16-6-4-3-5-7-16;/h3-11H,12-15H2,1-2H3,(H,25,27);1H. The number of halogens is 1. The van der Waals surface area contributed by atoms with E-state index in [0.717, 1.165) is 36.5 Å². The summed E-state index contributed by atoms with van der Waals surface area (Å²) in [6.07, 6.45) is 0.738. The molecule has 0 fully saturated rings. The second kappa shape index (κ2) is 10.6. The van der Waals surface area contributed by atoms with E-state index in [9.17, 15) is 9.59 Å². The molecule has 3 aromatic rings. The van der Waals surface area contributed by atoms with Gasteiger partial charge in [0.25, 0.3) is 5.91 Å². The first-order chi connectivity index (χ1) is 15.1. The molecule has 4 rings (SSSR count). The van der Waals surface area contributed by atoms with Crippen LogP contribution in [-0.2, 0) is 24.2 Å². The molecule has 0 unspecified atom stereocenters. The van der Waals surface area contributed by atoms with Crippen LogP contribution in [0.5, 0.6) is 5.75 Å². The molecule has 2 aromatic carbocycles. The smallest absolute Gasteiger partial charge is 0.341 e. The third-order valence-electron chi connectivity index (χ3n) is 5.35. The number of anilines is 1. The van der Waals surface area contributed by atoms with Crippen LogP contribution >= 0.6 is 23.7 Å². The molecule has 0 atom stereocenters. The number of carbonyl (C=O) groups excluding carboxylic acids is 2. The molecule has 0 aliphatic carbocycles. The minimum Gasteiger partial charge on any atom is -0.497 e. The minimum absolute atomic E-state index is 0. The van der Waals surface area contributed by atoms with Crippen LogP contribution in [0.25, 0.3) is 0 Å². The summed E-state index contributed by atoms with van der Waals surface area (Å²) in [6, 6.07) is 17.2. The fraction of sp³-hybridized carbons (Fsp3) is 0.250. The summed E-state index contributed by atoms with van der Waals surface area (Å²) in [4.78, 5) is 28.8. The van der Waals surface area contributed by atoms with Crippen molar-refractivity contribution >= 4 is 40.6 Å². The van der Waals surface area contributed by atoms with Gasteiger partial charge >= 0.3 is 5.97 Å². The average Bonchev–Trinajstić information content (AvgIpc) is 3.16. The highest BCUT2D eigenvalue weighted by Gasteiger charge is 2.29. The normalized spacial score (nSPS) is 12.9. The van der Waals surface area contributed by atoms with E-state index in [4.69, 9.17) is 9.47 Å². The number of carbonyl (C=O) groups is 2. The van der Waals surface area contributed by atoms with E-state index < -0.39 is 5.97 Å². The number of hydrogen-bond donors (Lipinski definition) is 1. The van der Waals surface area contributed by atoms with Crippen molar-refractivity contribution in [3.63, 3.8) is 0 Å². The number of hydrogen-bond acceptors (Lipinski definition) is 6. The van der Waals surface area contributed by atoms with Gasteiger partial charge in [-0.2, -0.15) is 0 Å². The monoisotopic (exact) mass is 472 g/mol. The molecule has 0 spiro atoms. The fourth-order valence-electron chi connectivity index (χ4n) is 3.76. The summed E-state index contributed by atoms with van der Waals surface area (Å²) in [5, 5.41) is 3.46. The fourth-order valence-corrected chi connectivity index (χ4v) is 5.03. The van der Waals surface area contributed by atoms with Crippen molar-refractivity contribution in [3.8, 4) is 5.75 Å². The number of thiophene rings is 1. The molecule has 1 amide bonds. The number of esters is 1. The van der Waals surface area contributed by atoms with Gasteiger partial charge in [-0.05, 0) is 41.8 Å². The van der Waals surface area contributed by atoms with Crippen LogP contribution in [-0.4, -0.2) is 37.5 Å². The first kappa shape index (κ1) is 23.8. The minimum atomic E-state index is -0.418. The van der Waals surface area contributed by atoms with E-state index in [-0.39, 0.29) is 18.3 Å². The average molecular weight is 473 g/mol. The third kappa shape index (κ3) is 5.12. The number of benzene rings is 2. The van der Waals surface area contributed by atoms with Gasteiger partial charge in [0.05, 0.1) is 19.8 Å². The molecule has 0 bridgehead atoms. The molecular weight excluding hydrogens is 448 g/mol. The Kier molecular flexibility index (Phi) is 7.90. The number of ether oxygens (including phenoxy) is 2. The summed E-state index contributed by atoms with van der Waals surface area (Å²) in [5.74, 6) is -0.0107. The zero-order valence-corrected chi connectivity index (χ0v) is 19.6. The Morgan fingerprint density at radius 2 is 1.78 bits per heavy atom. The molecule has 0 radical (unpaired) electrons. The highest BCUT2D eigenvalue weighted by molar-refractivity contribution is 7.17. The van der Waals surface area contributed by atoms with Crippen LogP contribution in [0, 0.1) is 0 Å². The molecule has 1 N–H and O–H groups in total. The predicted octanol–water partition coefficient (Wildman–Crippen LogP) is 4.78. The lowest BCUT2D eigenvalue weighted by Gasteiger charge is -2.27. The molecule has 32 heavy (non-hydrogen) atoms. The first-order valence-corrected chi connectivity index (χ1v) is 10.8. The number of amides is 1. The van der Waals surface area contributed by atoms with Crippen molar-refractivity contribution < 1.29 is 19.1 Å². The SMILES string of the molecule is COC(=O)c1c(NC(=O)c2ccc(OC)cc2)sc2c1CCN(Cc1ccccc1)C2.Cl. The van der Waals surface area contributed by atoms with Crippen molar-refractivity contribution in [2.75, 3.05) is 26.1 Å². The first-order valence-electron chi connectivity index (χ1n) is 10.0. The summed E-state index contributed by atoms with van der Waals surface area (Å²) in [5.41, 5.74) is 3.20. The lowest BCUT2D eigenvalue weighted by molar-refractivity contribution is 0.0600. The molecule has 0 saturated carbocycles. The number of nitrogens with zero attached hydrogens (tertiary/aromatic N) is 1. The highest BCUT2D eigenvalue weighted by Crippen LogP contribution is 2.38. The lowest BCUT2D eigenvalue weighted by Crippen LogP contribution is -2.29. The van der Waals surface area contributed by atoms with Crippen LogP contribution in [0.4, 0.5) is 5.00 Å². The second-order valence-corrected chi connectivity index (χ2v) is 8.43. The van der Waals surface area contributed by atoms with Gasteiger partial charge in [-0.25, -0.2) is 4.79 Å². The van der Waals surface area contributed by atoms with Crippen molar-refractivity contribution in [3.05, 3.63) is 81.7 Å². The van der Waals surface area contributed by atoms with Crippen molar-refractivity contribution in [2.45, 2.75) is 19.5 Å².